The molecular weight excluding hydrogens is 350 g/mol. The highest BCUT2D eigenvalue weighted by Gasteiger charge is 2.26. The topological polar surface area (TPSA) is 83.6 Å². The molecule has 1 aromatic carbocycles. The van der Waals surface area contributed by atoms with Gasteiger partial charge in [-0.25, -0.2) is 4.98 Å². The highest BCUT2D eigenvalue weighted by atomic mass is 16.1. The summed E-state index contributed by atoms with van der Waals surface area (Å²) < 4.78 is 0. The van der Waals surface area contributed by atoms with Crippen LogP contribution < -0.4 is 5.32 Å². The number of aromatic nitrogens is 4. The normalized spacial score (nSPS) is 13.6. The molecule has 0 atom stereocenters. The third-order valence-corrected chi connectivity index (χ3v) is 5.02. The summed E-state index contributed by atoms with van der Waals surface area (Å²) >= 11 is 0. The Morgan fingerprint density at radius 1 is 1.11 bits per heavy atom. The van der Waals surface area contributed by atoms with E-state index < -0.39 is 0 Å². The molecular formula is C22H19N5O. The zero-order valence-corrected chi connectivity index (χ0v) is 15.2. The van der Waals surface area contributed by atoms with Gasteiger partial charge in [-0.2, -0.15) is 5.10 Å². The molecule has 6 nitrogen and oxygen atoms in total. The van der Waals surface area contributed by atoms with Crippen LogP contribution in [0.2, 0.25) is 0 Å². The van der Waals surface area contributed by atoms with Crippen LogP contribution in [0.3, 0.4) is 0 Å². The van der Waals surface area contributed by atoms with Crippen molar-refractivity contribution in [3.05, 3.63) is 77.9 Å². The summed E-state index contributed by atoms with van der Waals surface area (Å²) in [5.74, 6) is 0.462. The molecule has 0 unspecified atom stereocenters. The van der Waals surface area contributed by atoms with Crippen LogP contribution in [-0.2, 0) is 6.54 Å². The second-order valence-corrected chi connectivity index (χ2v) is 7.08. The summed E-state index contributed by atoms with van der Waals surface area (Å²) in [6, 6.07) is 15.4. The predicted molar refractivity (Wildman–Crippen MR) is 107 cm³/mol. The molecule has 1 aliphatic carbocycles. The van der Waals surface area contributed by atoms with E-state index in [9.17, 15) is 4.79 Å². The van der Waals surface area contributed by atoms with Crippen molar-refractivity contribution in [1.29, 1.82) is 0 Å². The quantitative estimate of drug-likeness (QED) is 0.560. The number of H-pyrrole nitrogens is 1. The van der Waals surface area contributed by atoms with Crippen LogP contribution in [0, 0.1) is 0 Å². The Hall–Kier alpha value is -3.54. The van der Waals surface area contributed by atoms with Crippen LogP contribution in [0.15, 0.2) is 60.9 Å². The van der Waals surface area contributed by atoms with Crippen LogP contribution in [0.25, 0.3) is 22.2 Å². The van der Waals surface area contributed by atoms with Crippen LogP contribution in [0.5, 0.6) is 0 Å². The van der Waals surface area contributed by atoms with Gasteiger partial charge in [0.05, 0.1) is 34.7 Å². The zero-order chi connectivity index (χ0) is 18.9. The van der Waals surface area contributed by atoms with Gasteiger partial charge in [0.2, 0.25) is 0 Å². The van der Waals surface area contributed by atoms with E-state index in [1.54, 1.807) is 12.4 Å². The number of fused-ring (bicyclic) bond motifs is 1. The number of rotatable bonds is 5. The van der Waals surface area contributed by atoms with Gasteiger partial charge in [0.1, 0.15) is 0 Å². The summed E-state index contributed by atoms with van der Waals surface area (Å²) in [4.78, 5) is 21.8. The number of nitrogens with one attached hydrogen (secondary N) is 2. The van der Waals surface area contributed by atoms with Crippen LogP contribution in [0.1, 0.15) is 40.5 Å². The molecule has 3 aromatic heterocycles. The number of aromatic amines is 1. The summed E-state index contributed by atoms with van der Waals surface area (Å²) in [5, 5.41) is 11.2. The van der Waals surface area contributed by atoms with E-state index in [2.05, 4.69) is 20.5 Å². The third-order valence-electron chi connectivity index (χ3n) is 5.02. The Kier molecular flexibility index (Phi) is 4.09. The smallest absolute Gasteiger partial charge is 0.252 e. The van der Waals surface area contributed by atoms with Gasteiger partial charge in [0, 0.05) is 29.3 Å². The molecule has 0 radical (unpaired) electrons. The fourth-order valence-corrected chi connectivity index (χ4v) is 3.36. The van der Waals surface area contributed by atoms with Crippen molar-refractivity contribution in [1.82, 2.24) is 25.5 Å². The second-order valence-electron chi connectivity index (χ2n) is 7.08. The van der Waals surface area contributed by atoms with E-state index in [0.717, 1.165) is 33.5 Å². The van der Waals surface area contributed by atoms with Gasteiger partial charge in [-0.15, -0.1) is 0 Å². The Morgan fingerprint density at radius 2 is 1.93 bits per heavy atom. The molecule has 1 aliphatic rings. The van der Waals surface area contributed by atoms with Crippen molar-refractivity contribution < 1.29 is 4.79 Å². The molecule has 0 bridgehead atoms. The number of carbonyl (C=O) groups is 1. The van der Waals surface area contributed by atoms with E-state index in [0.29, 0.717) is 18.0 Å². The van der Waals surface area contributed by atoms with E-state index in [1.807, 2.05) is 48.5 Å². The molecule has 1 saturated carbocycles. The molecule has 3 heterocycles. The Balaban J connectivity index is 1.45. The lowest BCUT2D eigenvalue weighted by Crippen LogP contribution is -2.23. The standard InChI is InChI=1S/C22H19N5O/c28-22(24-13-16-11-21(27-26-16)14-5-6-14)18-12-20(15-7-9-23-10-8-15)25-19-4-2-1-3-17(18)19/h1-4,7-12,14H,5-6,13H2,(H,24,28)(H,26,27). The van der Waals surface area contributed by atoms with Crippen molar-refractivity contribution in [2.45, 2.75) is 25.3 Å². The average Bonchev–Trinajstić information content (AvgIpc) is 3.50. The summed E-state index contributed by atoms with van der Waals surface area (Å²) in [7, 11) is 0. The van der Waals surface area contributed by atoms with Crippen LogP contribution in [0.4, 0.5) is 0 Å². The van der Waals surface area contributed by atoms with Crippen LogP contribution in [-0.4, -0.2) is 26.1 Å². The first-order chi connectivity index (χ1) is 13.8. The SMILES string of the molecule is O=C(NCc1cc(C2CC2)n[nH]1)c1cc(-c2ccncc2)nc2ccccc12. The molecule has 138 valence electrons. The first-order valence-corrected chi connectivity index (χ1v) is 9.40. The molecule has 1 fully saturated rings. The lowest BCUT2D eigenvalue weighted by atomic mass is 10.0. The number of hydrogen-bond donors (Lipinski definition) is 2. The number of nitrogens with zero attached hydrogens (tertiary/aromatic N) is 3. The van der Waals surface area contributed by atoms with Crippen molar-refractivity contribution in [2.24, 2.45) is 0 Å². The zero-order valence-electron chi connectivity index (χ0n) is 15.2. The van der Waals surface area contributed by atoms with E-state index >= 15 is 0 Å². The van der Waals surface area contributed by atoms with Crippen molar-refractivity contribution in [3.8, 4) is 11.3 Å². The lowest BCUT2D eigenvalue weighted by Gasteiger charge is -2.10. The monoisotopic (exact) mass is 369 g/mol. The van der Waals surface area contributed by atoms with E-state index in [-0.39, 0.29) is 5.91 Å². The minimum atomic E-state index is -0.128. The molecule has 0 aliphatic heterocycles. The highest BCUT2D eigenvalue weighted by Crippen LogP contribution is 2.39. The number of hydrogen-bond acceptors (Lipinski definition) is 4. The molecule has 0 saturated heterocycles. The minimum absolute atomic E-state index is 0.128. The fraction of sp³-hybridized carbons (Fsp3) is 0.182. The summed E-state index contributed by atoms with van der Waals surface area (Å²) in [6.07, 6.45) is 5.86. The first kappa shape index (κ1) is 16.6. The molecule has 2 N–H and O–H groups in total. The van der Waals surface area contributed by atoms with Gasteiger partial charge in [-0.3, -0.25) is 14.9 Å². The number of benzene rings is 1. The maximum Gasteiger partial charge on any atom is 0.252 e. The largest absolute Gasteiger partial charge is 0.346 e. The van der Waals surface area contributed by atoms with Crippen molar-refractivity contribution in [3.63, 3.8) is 0 Å². The maximum absolute atomic E-state index is 13.0. The molecule has 5 rings (SSSR count). The van der Waals surface area contributed by atoms with Gasteiger partial charge in [0.25, 0.3) is 5.91 Å². The molecule has 6 heteroatoms. The molecule has 4 aromatic rings. The number of para-hydroxylation sites is 1. The van der Waals surface area contributed by atoms with E-state index in [1.165, 1.54) is 12.8 Å². The Morgan fingerprint density at radius 3 is 2.75 bits per heavy atom. The summed E-state index contributed by atoms with van der Waals surface area (Å²) in [6.45, 7) is 0.416. The molecule has 28 heavy (non-hydrogen) atoms. The average molecular weight is 369 g/mol. The second kappa shape index (κ2) is 6.88. The van der Waals surface area contributed by atoms with Gasteiger partial charge in [-0.1, -0.05) is 18.2 Å². The number of amides is 1. The highest BCUT2D eigenvalue weighted by molar-refractivity contribution is 6.07. The van der Waals surface area contributed by atoms with Gasteiger partial charge >= 0.3 is 0 Å². The lowest BCUT2D eigenvalue weighted by molar-refractivity contribution is 0.0952. The van der Waals surface area contributed by atoms with Gasteiger partial charge in [-0.05, 0) is 43.2 Å². The van der Waals surface area contributed by atoms with Crippen molar-refractivity contribution >= 4 is 16.8 Å². The Bertz CT molecular complexity index is 1150. The van der Waals surface area contributed by atoms with Gasteiger partial charge in [0.15, 0.2) is 0 Å². The number of pyridine rings is 2. The maximum atomic E-state index is 13.0. The third kappa shape index (κ3) is 3.24. The minimum Gasteiger partial charge on any atom is -0.346 e. The Labute approximate surface area is 162 Å². The fourth-order valence-electron chi connectivity index (χ4n) is 3.36. The number of carbonyl (C=O) groups excluding carboxylic acids is 1. The molecule has 1 amide bonds. The first-order valence-electron chi connectivity index (χ1n) is 9.40. The predicted octanol–water partition coefficient (Wildman–Crippen LogP) is 3.83. The molecule has 0 spiro atoms. The van der Waals surface area contributed by atoms with Crippen LogP contribution >= 0.6 is 0 Å². The van der Waals surface area contributed by atoms with Crippen molar-refractivity contribution in [2.75, 3.05) is 0 Å². The van der Waals surface area contributed by atoms with E-state index in [4.69, 9.17) is 4.98 Å². The van der Waals surface area contributed by atoms with Gasteiger partial charge < -0.3 is 5.32 Å². The summed E-state index contributed by atoms with van der Waals surface area (Å²) in [5.41, 5.74) is 5.10.